The second-order valence-electron chi connectivity index (χ2n) is 17.0. The van der Waals surface area contributed by atoms with Crippen LogP contribution in [0.5, 0.6) is 0 Å². The summed E-state index contributed by atoms with van der Waals surface area (Å²) in [5.74, 6) is 0.730. The molecule has 12 nitrogen and oxygen atoms in total. The highest BCUT2D eigenvalue weighted by Gasteiger charge is 2.44. The molecule has 2 aliphatic rings. The number of aliphatic hydroxyl groups excluding tert-OH is 1. The van der Waals surface area contributed by atoms with Crippen molar-refractivity contribution in [3.05, 3.63) is 104 Å². The number of nitrogens with zero attached hydrogens (tertiary/aromatic N) is 6. The Morgan fingerprint density at radius 1 is 0.966 bits per heavy atom. The van der Waals surface area contributed by atoms with Crippen LogP contribution in [0, 0.1) is 33.1 Å². The molecule has 0 aliphatic carbocycles. The molecule has 1 unspecified atom stereocenters. The number of hydrogen-bond donors (Lipinski definition) is 3. The van der Waals surface area contributed by atoms with Gasteiger partial charge in [0.05, 0.1) is 33.9 Å². The van der Waals surface area contributed by atoms with Crippen molar-refractivity contribution in [2.24, 2.45) is 10.4 Å². The molecule has 7 rings (SSSR count). The van der Waals surface area contributed by atoms with Crippen molar-refractivity contribution in [3.63, 3.8) is 0 Å². The lowest BCUT2D eigenvalue weighted by atomic mass is 9.85. The van der Waals surface area contributed by atoms with E-state index in [4.69, 9.17) is 4.99 Å². The minimum atomic E-state index is -0.885. The fourth-order valence-electron chi connectivity index (χ4n) is 8.01. The molecule has 310 valence electrons. The quantitative estimate of drug-likeness (QED) is 0.126. The molecule has 3 aromatic heterocycles. The number of nitrogens with one attached hydrogen (secondary N) is 2. The summed E-state index contributed by atoms with van der Waals surface area (Å²) in [5.41, 5.74) is 9.52. The molecule has 1 fully saturated rings. The van der Waals surface area contributed by atoms with Gasteiger partial charge in [-0.05, 0) is 82.1 Å². The molecule has 14 heteroatoms. The molecule has 5 heterocycles. The topological polar surface area (TPSA) is 155 Å². The van der Waals surface area contributed by atoms with E-state index in [1.54, 1.807) is 22.7 Å². The number of aromatic nitrogens is 4. The number of amides is 3. The monoisotopic (exact) mass is 834 g/mol. The first kappa shape index (κ1) is 42.1. The van der Waals surface area contributed by atoms with Crippen LogP contribution < -0.4 is 10.6 Å². The highest BCUT2D eigenvalue weighted by atomic mass is 32.1. The second-order valence-corrected chi connectivity index (χ2v) is 19.0. The van der Waals surface area contributed by atoms with Crippen LogP contribution in [0.2, 0.25) is 0 Å². The van der Waals surface area contributed by atoms with Gasteiger partial charge in [0.15, 0.2) is 5.82 Å². The Labute approximate surface area is 354 Å². The largest absolute Gasteiger partial charge is 0.391 e. The van der Waals surface area contributed by atoms with Gasteiger partial charge in [0.2, 0.25) is 17.7 Å². The third kappa shape index (κ3) is 8.66. The minimum absolute atomic E-state index is 0.0196. The zero-order valence-corrected chi connectivity index (χ0v) is 36.9. The lowest BCUT2D eigenvalue weighted by Crippen LogP contribution is -2.57. The van der Waals surface area contributed by atoms with Crippen LogP contribution >= 0.6 is 22.7 Å². The molecule has 1 saturated heterocycles. The fourth-order valence-corrected chi connectivity index (χ4v) is 10.0. The van der Waals surface area contributed by atoms with Crippen LogP contribution in [0.25, 0.3) is 15.4 Å². The number of carbonyl (C=O) groups excluding carboxylic acids is 3. The standard InChI is InChI=1S/C45H54N8O4S2/c1-24-28(5)59-44-37(24)38(47-27(4)41-51-50-29(6)53(41)44)32-15-13-30(14-16-32)11-10-12-36(55)49-40(45(7,8)9)43(57)52-22-34(54)21-35(52)42(56)48-25(2)31-17-19-33(20-18-31)39-26(3)46-23-58-39/h13-20,23,25,27,34-35,40,54H,10-12,21-22H2,1-9H3,(H,48,56)(H,49,55)/t25-,27-,34+,35-,40?/m0/s1. The number of benzene rings is 2. The Kier molecular flexibility index (Phi) is 12.1. The van der Waals surface area contributed by atoms with Crippen LogP contribution in [-0.2, 0) is 20.8 Å². The van der Waals surface area contributed by atoms with Gasteiger partial charge in [-0.25, -0.2) is 4.98 Å². The summed E-state index contributed by atoms with van der Waals surface area (Å²) >= 11 is 3.32. The van der Waals surface area contributed by atoms with E-state index in [0.29, 0.717) is 12.8 Å². The molecule has 0 radical (unpaired) electrons. The van der Waals surface area contributed by atoms with Gasteiger partial charge in [-0.2, -0.15) is 0 Å². The predicted octanol–water partition coefficient (Wildman–Crippen LogP) is 7.29. The SMILES string of the molecule is Cc1ncsc1-c1ccc([C@H](C)NC(=O)[C@@H]2C[C@@H](O)CN2C(=O)C(NC(=O)CCCc2ccc(C3=N[C@@H](C)c4nnc(C)n4-c4sc(C)c(C)c43)cc2)C(C)(C)C)cc1. The summed E-state index contributed by atoms with van der Waals surface area (Å²) in [6.45, 7) is 17.9. The molecule has 3 N–H and O–H groups in total. The van der Waals surface area contributed by atoms with Crippen molar-refractivity contribution >= 4 is 46.1 Å². The third-order valence-corrected chi connectivity index (χ3v) is 13.7. The zero-order chi connectivity index (χ0) is 42.3. The number of thiazole rings is 1. The Hall–Kier alpha value is -5.05. The van der Waals surface area contributed by atoms with Gasteiger partial charge >= 0.3 is 0 Å². The Bertz CT molecular complexity index is 2390. The van der Waals surface area contributed by atoms with Crippen LogP contribution in [0.3, 0.4) is 0 Å². The number of aryl methyl sites for hydroxylation is 4. The highest BCUT2D eigenvalue weighted by Crippen LogP contribution is 2.39. The van der Waals surface area contributed by atoms with Gasteiger partial charge in [0.1, 0.15) is 29.0 Å². The molecule has 59 heavy (non-hydrogen) atoms. The third-order valence-electron chi connectivity index (χ3n) is 11.5. The van der Waals surface area contributed by atoms with Gasteiger partial charge in [0, 0.05) is 35.4 Å². The summed E-state index contributed by atoms with van der Waals surface area (Å²) in [7, 11) is 0. The van der Waals surface area contributed by atoms with Gasteiger partial charge in [-0.15, -0.1) is 32.9 Å². The molecule has 3 amide bonds. The molecule has 0 bridgehead atoms. The van der Waals surface area contributed by atoms with Crippen molar-refractivity contribution in [2.45, 2.75) is 118 Å². The van der Waals surface area contributed by atoms with Gasteiger partial charge < -0.3 is 20.6 Å². The lowest BCUT2D eigenvalue weighted by molar-refractivity contribution is -0.144. The van der Waals surface area contributed by atoms with Crippen molar-refractivity contribution < 1.29 is 19.5 Å². The van der Waals surface area contributed by atoms with Crippen LogP contribution in [0.1, 0.15) is 116 Å². The summed E-state index contributed by atoms with van der Waals surface area (Å²) < 4.78 is 2.13. The number of aliphatic hydroxyl groups is 1. The van der Waals surface area contributed by atoms with Crippen molar-refractivity contribution in [1.82, 2.24) is 35.3 Å². The molecular formula is C45H54N8O4S2. The maximum atomic E-state index is 14.2. The van der Waals surface area contributed by atoms with E-state index in [2.05, 4.69) is 68.5 Å². The van der Waals surface area contributed by atoms with Crippen molar-refractivity contribution in [1.29, 1.82) is 0 Å². The van der Waals surface area contributed by atoms with E-state index >= 15 is 0 Å². The first-order chi connectivity index (χ1) is 28.0. The van der Waals surface area contributed by atoms with E-state index in [1.165, 1.54) is 15.3 Å². The number of likely N-dealkylation sites (tertiary alicyclic amines) is 1. The molecule has 2 aromatic carbocycles. The minimum Gasteiger partial charge on any atom is -0.391 e. The van der Waals surface area contributed by atoms with Crippen LogP contribution in [-0.4, -0.2) is 77.9 Å². The zero-order valence-electron chi connectivity index (χ0n) is 35.3. The lowest BCUT2D eigenvalue weighted by Gasteiger charge is -2.35. The maximum Gasteiger partial charge on any atom is 0.246 e. The predicted molar refractivity (Wildman–Crippen MR) is 233 cm³/mol. The number of fused-ring (bicyclic) bond motifs is 3. The first-order valence-electron chi connectivity index (χ1n) is 20.3. The fraction of sp³-hybridized carbons (Fsp3) is 0.444. The smallest absolute Gasteiger partial charge is 0.246 e. The Morgan fingerprint density at radius 3 is 2.32 bits per heavy atom. The molecule has 0 spiro atoms. The van der Waals surface area contributed by atoms with Crippen molar-refractivity contribution in [2.75, 3.05) is 6.54 Å². The molecular weight excluding hydrogens is 781 g/mol. The summed E-state index contributed by atoms with van der Waals surface area (Å²) in [4.78, 5) is 54.6. The van der Waals surface area contributed by atoms with Gasteiger partial charge in [-0.1, -0.05) is 69.3 Å². The molecule has 5 atom stereocenters. The first-order valence-corrected chi connectivity index (χ1v) is 22.0. The summed E-state index contributed by atoms with van der Waals surface area (Å²) in [5, 5.41) is 26.6. The molecule has 0 saturated carbocycles. The summed E-state index contributed by atoms with van der Waals surface area (Å²) in [6.07, 6.45) is 0.773. The molecule has 2 aliphatic heterocycles. The Morgan fingerprint density at radius 2 is 1.66 bits per heavy atom. The van der Waals surface area contributed by atoms with E-state index in [1.807, 2.05) is 78.2 Å². The number of carbonyl (C=O) groups is 3. The van der Waals surface area contributed by atoms with E-state index in [9.17, 15) is 19.5 Å². The average molecular weight is 835 g/mol. The second kappa shape index (κ2) is 16.9. The normalized spacial score (nSPS) is 18.7. The number of β-amino-alcohol motifs (C(OH)–C–C–N with tert-alkyl or cyclic N) is 1. The summed E-state index contributed by atoms with van der Waals surface area (Å²) in [6, 6.07) is 14.2. The molecule has 5 aromatic rings. The number of thiophene rings is 1. The van der Waals surface area contributed by atoms with E-state index in [0.717, 1.165) is 60.7 Å². The van der Waals surface area contributed by atoms with Crippen LogP contribution in [0.4, 0.5) is 0 Å². The number of aliphatic imine (C=N–C) groups is 1. The Balaban J connectivity index is 0.964. The van der Waals surface area contributed by atoms with Gasteiger partial charge in [-0.3, -0.25) is 23.9 Å². The van der Waals surface area contributed by atoms with E-state index < -0.39 is 23.6 Å². The van der Waals surface area contributed by atoms with Crippen molar-refractivity contribution in [3.8, 4) is 15.4 Å². The number of hydrogen-bond acceptors (Lipinski definition) is 10. The highest BCUT2D eigenvalue weighted by molar-refractivity contribution is 7.15. The number of rotatable bonds is 11. The van der Waals surface area contributed by atoms with Gasteiger partial charge in [0.25, 0.3) is 0 Å². The average Bonchev–Trinajstić information content (AvgIpc) is 3.96. The maximum absolute atomic E-state index is 14.2. The van der Waals surface area contributed by atoms with E-state index in [-0.39, 0.29) is 49.2 Å². The van der Waals surface area contributed by atoms with Crippen LogP contribution in [0.15, 0.2) is 59.0 Å².